The van der Waals surface area contributed by atoms with Crippen molar-refractivity contribution in [2.24, 2.45) is 0 Å². The highest BCUT2D eigenvalue weighted by molar-refractivity contribution is 7.99. The zero-order valence-corrected chi connectivity index (χ0v) is 13.2. The molecule has 20 heavy (non-hydrogen) atoms. The molecule has 0 aromatic carbocycles. The van der Waals surface area contributed by atoms with Crippen LogP contribution < -0.4 is 5.32 Å². The molecule has 5 heteroatoms. The number of nitrogens with zero attached hydrogens (tertiary/aromatic N) is 1. The van der Waals surface area contributed by atoms with E-state index < -0.39 is 0 Å². The molecule has 0 aromatic heterocycles. The molecule has 3 unspecified atom stereocenters. The Hall–Kier alpha value is -0.260. The quantitative estimate of drug-likeness (QED) is 0.857. The molecule has 3 saturated heterocycles. The molecular weight excluding hydrogens is 272 g/mol. The molecule has 114 valence electrons. The van der Waals surface area contributed by atoms with Gasteiger partial charge in [-0.2, -0.15) is 11.8 Å². The minimum atomic E-state index is -0.341. The summed E-state index contributed by atoms with van der Waals surface area (Å²) >= 11 is 1.97. The van der Waals surface area contributed by atoms with Crippen molar-refractivity contribution in [3.8, 4) is 0 Å². The Kier molecular flexibility index (Phi) is 4.58. The lowest BCUT2D eigenvalue weighted by Crippen LogP contribution is -2.57. The molecular formula is C15H26N2O2S. The van der Waals surface area contributed by atoms with E-state index >= 15 is 0 Å². The lowest BCUT2D eigenvalue weighted by molar-refractivity contribution is -0.141. The summed E-state index contributed by atoms with van der Waals surface area (Å²) in [4.78, 5) is 15.2. The molecule has 4 nitrogen and oxygen atoms in total. The second-order valence-corrected chi connectivity index (χ2v) is 7.62. The predicted molar refractivity (Wildman–Crippen MR) is 82.1 cm³/mol. The highest BCUT2D eigenvalue weighted by Crippen LogP contribution is 2.29. The van der Waals surface area contributed by atoms with Crippen molar-refractivity contribution in [3.63, 3.8) is 0 Å². The predicted octanol–water partition coefficient (Wildman–Crippen LogP) is 1.64. The van der Waals surface area contributed by atoms with Crippen LogP contribution in [0.25, 0.3) is 0 Å². The smallest absolute Gasteiger partial charge is 0.242 e. The largest absolute Gasteiger partial charge is 0.376 e. The van der Waals surface area contributed by atoms with Crippen LogP contribution in [-0.2, 0) is 9.53 Å². The maximum Gasteiger partial charge on any atom is 0.242 e. The van der Waals surface area contributed by atoms with Gasteiger partial charge in [0.1, 0.15) is 0 Å². The Balaban J connectivity index is 1.71. The number of carbonyl (C=O) groups is 1. The van der Waals surface area contributed by atoms with E-state index in [1.165, 1.54) is 5.75 Å². The molecule has 3 rings (SSSR count). The van der Waals surface area contributed by atoms with Gasteiger partial charge in [-0.05, 0) is 51.3 Å². The Morgan fingerprint density at radius 3 is 2.95 bits per heavy atom. The van der Waals surface area contributed by atoms with Crippen LogP contribution in [0.15, 0.2) is 0 Å². The molecule has 3 atom stereocenters. The highest BCUT2D eigenvalue weighted by atomic mass is 32.2. The topological polar surface area (TPSA) is 41.6 Å². The third-order valence-corrected chi connectivity index (χ3v) is 6.02. The molecule has 3 aliphatic heterocycles. The summed E-state index contributed by atoms with van der Waals surface area (Å²) in [5, 5.41) is 3.42. The van der Waals surface area contributed by atoms with Crippen LogP contribution in [-0.4, -0.2) is 59.7 Å². The molecule has 0 bridgehead atoms. The summed E-state index contributed by atoms with van der Waals surface area (Å²) in [5.74, 6) is 2.58. The Bertz CT molecular complexity index is 346. The fraction of sp³-hybridized carbons (Fsp3) is 0.933. The molecule has 3 fully saturated rings. The third kappa shape index (κ3) is 3.00. The van der Waals surface area contributed by atoms with E-state index in [1.807, 2.05) is 11.8 Å². The standard InChI is InChI=1S/C15H26N2O2S/c1-15(6-3-7-16-15)14(18)17(12-5-9-20-11-12)10-13-4-2-8-19-13/h12-13,16H,2-11H2,1H3. The number of nitrogens with one attached hydrogen (secondary N) is 1. The zero-order chi connectivity index (χ0) is 14.0. The number of amides is 1. The molecule has 0 aromatic rings. The normalized spacial score (nSPS) is 37.5. The molecule has 0 spiro atoms. The summed E-state index contributed by atoms with van der Waals surface area (Å²) in [5.41, 5.74) is -0.341. The van der Waals surface area contributed by atoms with Gasteiger partial charge in [-0.25, -0.2) is 0 Å². The van der Waals surface area contributed by atoms with Gasteiger partial charge in [-0.1, -0.05) is 0 Å². The van der Waals surface area contributed by atoms with Crippen molar-refractivity contribution in [3.05, 3.63) is 0 Å². The summed E-state index contributed by atoms with van der Waals surface area (Å²) in [6.07, 6.45) is 5.71. The van der Waals surface area contributed by atoms with Gasteiger partial charge >= 0.3 is 0 Å². The van der Waals surface area contributed by atoms with E-state index in [-0.39, 0.29) is 11.6 Å². The third-order valence-electron chi connectivity index (χ3n) is 4.87. The second kappa shape index (κ2) is 6.24. The molecule has 0 saturated carbocycles. The van der Waals surface area contributed by atoms with Crippen LogP contribution in [0.3, 0.4) is 0 Å². The first-order chi connectivity index (χ1) is 9.69. The maximum absolute atomic E-state index is 13.0. The van der Waals surface area contributed by atoms with E-state index in [0.29, 0.717) is 11.9 Å². The fourth-order valence-corrected chi connectivity index (χ4v) is 4.79. The van der Waals surface area contributed by atoms with E-state index in [4.69, 9.17) is 4.74 Å². The van der Waals surface area contributed by atoms with Crippen molar-refractivity contribution in [1.29, 1.82) is 0 Å². The number of thioether (sulfide) groups is 1. The number of hydrogen-bond donors (Lipinski definition) is 1. The van der Waals surface area contributed by atoms with Gasteiger partial charge in [0.15, 0.2) is 0 Å². The van der Waals surface area contributed by atoms with Crippen LogP contribution in [0.5, 0.6) is 0 Å². The van der Waals surface area contributed by atoms with Crippen molar-refractivity contribution in [2.75, 3.05) is 31.2 Å². The Labute approximate surface area is 126 Å². The van der Waals surface area contributed by atoms with Crippen LogP contribution in [0, 0.1) is 0 Å². The van der Waals surface area contributed by atoms with Gasteiger partial charge in [-0.3, -0.25) is 4.79 Å². The van der Waals surface area contributed by atoms with Gasteiger partial charge in [0, 0.05) is 24.9 Å². The molecule has 0 aliphatic carbocycles. The zero-order valence-electron chi connectivity index (χ0n) is 12.4. The van der Waals surface area contributed by atoms with Gasteiger partial charge in [-0.15, -0.1) is 0 Å². The molecule has 1 N–H and O–H groups in total. The lowest BCUT2D eigenvalue weighted by Gasteiger charge is -2.37. The monoisotopic (exact) mass is 298 g/mol. The van der Waals surface area contributed by atoms with Crippen LogP contribution in [0.4, 0.5) is 0 Å². The van der Waals surface area contributed by atoms with Crippen LogP contribution in [0.2, 0.25) is 0 Å². The van der Waals surface area contributed by atoms with Gasteiger partial charge in [0.05, 0.1) is 11.6 Å². The average molecular weight is 298 g/mol. The average Bonchev–Trinajstić information content (AvgIpc) is 3.18. The fourth-order valence-electron chi connectivity index (χ4n) is 3.57. The summed E-state index contributed by atoms with van der Waals surface area (Å²) in [6, 6.07) is 0.413. The minimum Gasteiger partial charge on any atom is -0.376 e. The van der Waals surface area contributed by atoms with Crippen LogP contribution in [0.1, 0.15) is 39.0 Å². The molecule has 1 amide bonds. The van der Waals surface area contributed by atoms with Crippen LogP contribution >= 0.6 is 11.8 Å². The van der Waals surface area contributed by atoms with Crippen molar-refractivity contribution in [1.82, 2.24) is 10.2 Å². The number of rotatable bonds is 4. The summed E-state index contributed by atoms with van der Waals surface area (Å²) in [6.45, 7) is 4.70. The Morgan fingerprint density at radius 2 is 2.35 bits per heavy atom. The first kappa shape index (κ1) is 14.7. The molecule has 3 aliphatic rings. The summed E-state index contributed by atoms with van der Waals surface area (Å²) in [7, 11) is 0. The SMILES string of the molecule is CC1(C(=O)N(CC2CCCO2)C2CCSC2)CCCN1. The summed E-state index contributed by atoms with van der Waals surface area (Å²) < 4.78 is 5.77. The van der Waals surface area contributed by atoms with Gasteiger partial charge in [0.2, 0.25) is 5.91 Å². The maximum atomic E-state index is 13.0. The van der Waals surface area contributed by atoms with Crippen molar-refractivity contribution in [2.45, 2.75) is 56.7 Å². The van der Waals surface area contributed by atoms with Gasteiger partial charge in [0.25, 0.3) is 0 Å². The molecule has 0 radical (unpaired) electrons. The van der Waals surface area contributed by atoms with E-state index in [2.05, 4.69) is 17.1 Å². The molecule has 3 heterocycles. The number of ether oxygens (including phenoxy) is 1. The highest BCUT2D eigenvalue weighted by Gasteiger charge is 2.42. The van der Waals surface area contributed by atoms with E-state index in [9.17, 15) is 4.79 Å². The number of carbonyl (C=O) groups excluding carboxylic acids is 1. The lowest BCUT2D eigenvalue weighted by atomic mass is 9.96. The van der Waals surface area contributed by atoms with Crippen molar-refractivity contribution >= 4 is 17.7 Å². The van der Waals surface area contributed by atoms with Crippen molar-refractivity contribution < 1.29 is 9.53 Å². The first-order valence-electron chi connectivity index (χ1n) is 7.94. The van der Waals surface area contributed by atoms with E-state index in [0.717, 1.165) is 57.6 Å². The second-order valence-electron chi connectivity index (χ2n) is 6.47. The minimum absolute atomic E-state index is 0.259. The first-order valence-corrected chi connectivity index (χ1v) is 9.10. The van der Waals surface area contributed by atoms with Gasteiger partial charge < -0.3 is 15.0 Å². The van der Waals surface area contributed by atoms with E-state index in [1.54, 1.807) is 0 Å². The Morgan fingerprint density at radius 1 is 1.45 bits per heavy atom. The number of hydrogen-bond acceptors (Lipinski definition) is 4.